The van der Waals surface area contributed by atoms with Crippen LogP contribution in [0, 0.1) is 13.8 Å². The molecule has 0 radical (unpaired) electrons. The number of esters is 2. The van der Waals surface area contributed by atoms with Gasteiger partial charge in [0.15, 0.2) is 6.61 Å². The third kappa shape index (κ3) is 5.53. The smallest absolute Gasteiger partial charge is 0.341 e. The average molecular weight is 396 g/mol. The van der Waals surface area contributed by atoms with Gasteiger partial charge in [-0.3, -0.25) is 14.4 Å². The number of thiophene rings is 1. The Balaban J connectivity index is 1.89. The fourth-order valence-electron chi connectivity index (χ4n) is 2.78. The summed E-state index contributed by atoms with van der Waals surface area (Å²) >= 11 is 1.25. The lowest BCUT2D eigenvalue weighted by Gasteiger charge is -2.19. The highest BCUT2D eigenvalue weighted by atomic mass is 32.1. The molecule has 0 spiro atoms. The van der Waals surface area contributed by atoms with Crippen LogP contribution in [0.5, 0.6) is 0 Å². The summed E-state index contributed by atoms with van der Waals surface area (Å²) in [6.07, 6.45) is 3.07. The van der Waals surface area contributed by atoms with Crippen molar-refractivity contribution in [2.24, 2.45) is 0 Å². The Bertz CT molecular complexity index is 742. The molecule has 1 fully saturated rings. The Labute approximate surface area is 161 Å². The first kappa shape index (κ1) is 20.9. The van der Waals surface area contributed by atoms with Gasteiger partial charge in [0.1, 0.15) is 11.5 Å². The second-order valence-electron chi connectivity index (χ2n) is 6.31. The van der Waals surface area contributed by atoms with Gasteiger partial charge in [-0.15, -0.1) is 11.3 Å². The van der Waals surface area contributed by atoms with Crippen LogP contribution in [0.1, 0.15) is 46.5 Å². The van der Waals surface area contributed by atoms with Crippen molar-refractivity contribution in [3.63, 3.8) is 0 Å². The molecule has 27 heavy (non-hydrogen) atoms. The zero-order chi connectivity index (χ0) is 20.0. The molecule has 9 heteroatoms. The van der Waals surface area contributed by atoms with Crippen LogP contribution >= 0.6 is 11.3 Å². The van der Waals surface area contributed by atoms with Gasteiger partial charge in [0.2, 0.25) is 5.91 Å². The van der Waals surface area contributed by atoms with Gasteiger partial charge < -0.3 is 19.7 Å². The molecule has 0 unspecified atom stereocenters. The number of ether oxygens (including phenoxy) is 2. The Morgan fingerprint density at radius 2 is 1.93 bits per heavy atom. The van der Waals surface area contributed by atoms with Gasteiger partial charge in [0.05, 0.1) is 12.7 Å². The molecule has 1 N–H and O–H groups in total. The van der Waals surface area contributed by atoms with E-state index in [0.717, 1.165) is 29.7 Å². The van der Waals surface area contributed by atoms with Crippen LogP contribution in [0.3, 0.4) is 0 Å². The SMILES string of the molecule is COC(=O)c1c(NC(=O)COC(=O)CN2CCCCCC2=O)sc(C)c1C. The Hall–Kier alpha value is -2.42. The summed E-state index contributed by atoms with van der Waals surface area (Å²) in [7, 11) is 1.27. The third-order valence-corrected chi connectivity index (χ3v) is 5.51. The van der Waals surface area contributed by atoms with E-state index in [1.54, 1.807) is 6.92 Å². The maximum absolute atomic E-state index is 12.1. The fourth-order valence-corrected chi connectivity index (χ4v) is 3.84. The summed E-state index contributed by atoms with van der Waals surface area (Å²) in [5.41, 5.74) is 1.04. The average Bonchev–Trinajstić information content (AvgIpc) is 2.78. The maximum Gasteiger partial charge on any atom is 0.341 e. The van der Waals surface area contributed by atoms with Crippen molar-refractivity contribution in [1.82, 2.24) is 4.90 Å². The first-order chi connectivity index (χ1) is 12.8. The molecule has 0 saturated carbocycles. The van der Waals surface area contributed by atoms with Crippen molar-refractivity contribution in [2.45, 2.75) is 39.5 Å². The second kappa shape index (κ2) is 9.50. The van der Waals surface area contributed by atoms with Crippen LogP contribution in [-0.4, -0.2) is 55.5 Å². The van der Waals surface area contributed by atoms with Crippen LogP contribution in [0.25, 0.3) is 0 Å². The molecule has 1 aromatic heterocycles. The fraction of sp³-hybridized carbons (Fsp3) is 0.556. The van der Waals surface area contributed by atoms with Crippen molar-refractivity contribution in [3.8, 4) is 0 Å². The lowest BCUT2D eigenvalue weighted by molar-refractivity contribution is -0.151. The lowest BCUT2D eigenvalue weighted by Crippen LogP contribution is -2.36. The molecule has 2 rings (SSSR count). The van der Waals surface area contributed by atoms with E-state index in [1.165, 1.54) is 23.3 Å². The molecule has 0 bridgehead atoms. The van der Waals surface area contributed by atoms with Gasteiger partial charge in [-0.05, 0) is 32.3 Å². The van der Waals surface area contributed by atoms with Crippen LogP contribution in [0.2, 0.25) is 0 Å². The van der Waals surface area contributed by atoms with Crippen LogP contribution in [0.15, 0.2) is 0 Å². The first-order valence-electron chi connectivity index (χ1n) is 8.75. The zero-order valence-electron chi connectivity index (χ0n) is 15.8. The largest absolute Gasteiger partial charge is 0.465 e. The van der Waals surface area contributed by atoms with Gasteiger partial charge in [0, 0.05) is 17.8 Å². The first-order valence-corrected chi connectivity index (χ1v) is 9.56. The minimum atomic E-state index is -0.632. The van der Waals surface area contributed by atoms with Crippen molar-refractivity contribution in [2.75, 3.05) is 32.1 Å². The summed E-state index contributed by atoms with van der Waals surface area (Å²) in [6, 6.07) is 0. The van der Waals surface area contributed by atoms with E-state index in [4.69, 9.17) is 9.47 Å². The number of carbonyl (C=O) groups excluding carboxylic acids is 4. The number of hydrogen-bond acceptors (Lipinski definition) is 7. The minimum absolute atomic E-state index is 0.0684. The van der Waals surface area contributed by atoms with Gasteiger partial charge in [0.25, 0.3) is 5.91 Å². The number of aryl methyl sites for hydroxylation is 1. The molecule has 1 aliphatic heterocycles. The monoisotopic (exact) mass is 396 g/mol. The molecule has 0 aliphatic carbocycles. The number of nitrogens with zero attached hydrogens (tertiary/aromatic N) is 1. The van der Waals surface area contributed by atoms with E-state index < -0.39 is 24.5 Å². The van der Waals surface area contributed by atoms with Gasteiger partial charge in [-0.1, -0.05) is 6.42 Å². The number of likely N-dealkylation sites (tertiary alicyclic amines) is 1. The van der Waals surface area contributed by atoms with Crippen molar-refractivity contribution < 1.29 is 28.7 Å². The van der Waals surface area contributed by atoms with Crippen molar-refractivity contribution >= 4 is 40.1 Å². The summed E-state index contributed by atoms with van der Waals surface area (Å²) in [4.78, 5) is 50.2. The van der Waals surface area contributed by atoms with E-state index in [1.807, 2.05) is 6.92 Å². The summed E-state index contributed by atoms with van der Waals surface area (Å²) < 4.78 is 9.72. The standard InChI is InChI=1S/C18H24N2O6S/c1-11-12(2)27-17(16(11)18(24)25-3)19-13(21)10-26-15(23)9-20-8-6-4-5-7-14(20)22/h4-10H2,1-3H3,(H,19,21). The zero-order valence-corrected chi connectivity index (χ0v) is 16.6. The summed E-state index contributed by atoms with van der Waals surface area (Å²) in [5, 5.41) is 2.95. The van der Waals surface area contributed by atoms with Crippen LogP contribution in [0.4, 0.5) is 5.00 Å². The molecule has 0 aromatic carbocycles. The Morgan fingerprint density at radius 1 is 1.19 bits per heavy atom. The molecule has 8 nitrogen and oxygen atoms in total. The summed E-state index contributed by atoms with van der Waals surface area (Å²) in [5.74, 6) is -1.80. The highest BCUT2D eigenvalue weighted by molar-refractivity contribution is 7.16. The third-order valence-electron chi connectivity index (χ3n) is 4.38. The number of hydrogen-bond donors (Lipinski definition) is 1. The topological polar surface area (TPSA) is 102 Å². The summed E-state index contributed by atoms with van der Waals surface area (Å²) in [6.45, 7) is 3.48. The molecular formula is C18H24N2O6S. The number of carbonyl (C=O) groups is 4. The quantitative estimate of drug-likeness (QED) is 0.738. The number of methoxy groups -OCH3 is 1. The van der Waals surface area contributed by atoms with Gasteiger partial charge in [-0.25, -0.2) is 4.79 Å². The molecular weight excluding hydrogens is 372 g/mol. The van der Waals surface area contributed by atoms with E-state index in [-0.39, 0.29) is 12.5 Å². The number of nitrogens with one attached hydrogen (secondary N) is 1. The van der Waals surface area contributed by atoms with E-state index >= 15 is 0 Å². The number of anilines is 1. The molecule has 2 amide bonds. The molecule has 0 atom stereocenters. The highest BCUT2D eigenvalue weighted by Crippen LogP contribution is 2.32. The van der Waals surface area contributed by atoms with E-state index in [2.05, 4.69) is 5.32 Å². The predicted molar refractivity (Wildman–Crippen MR) is 99.8 cm³/mol. The Morgan fingerprint density at radius 3 is 2.63 bits per heavy atom. The maximum atomic E-state index is 12.1. The van der Waals surface area contributed by atoms with Crippen LogP contribution < -0.4 is 5.32 Å². The molecule has 1 saturated heterocycles. The lowest BCUT2D eigenvalue weighted by atomic mass is 10.1. The molecule has 1 aromatic rings. The predicted octanol–water partition coefficient (Wildman–Crippen LogP) is 2.04. The van der Waals surface area contributed by atoms with E-state index in [9.17, 15) is 19.2 Å². The molecule has 148 valence electrons. The van der Waals surface area contributed by atoms with Gasteiger partial charge >= 0.3 is 11.9 Å². The molecule has 1 aliphatic rings. The molecule has 2 heterocycles. The minimum Gasteiger partial charge on any atom is -0.465 e. The van der Waals surface area contributed by atoms with Crippen molar-refractivity contribution in [1.29, 1.82) is 0 Å². The Kier molecular flexibility index (Phi) is 7.35. The number of rotatable bonds is 6. The number of amides is 2. The van der Waals surface area contributed by atoms with Gasteiger partial charge in [-0.2, -0.15) is 0 Å². The normalized spacial score (nSPS) is 14.5. The van der Waals surface area contributed by atoms with E-state index in [0.29, 0.717) is 23.5 Å². The second-order valence-corrected chi connectivity index (χ2v) is 7.54. The highest BCUT2D eigenvalue weighted by Gasteiger charge is 2.23. The van der Waals surface area contributed by atoms with Crippen molar-refractivity contribution in [3.05, 3.63) is 16.0 Å². The van der Waals surface area contributed by atoms with Crippen LogP contribution in [-0.2, 0) is 23.9 Å².